The highest BCUT2D eigenvalue weighted by atomic mass is 16.2. The molecule has 0 atom stereocenters. The summed E-state index contributed by atoms with van der Waals surface area (Å²) in [5.41, 5.74) is 2.34. The molecule has 1 saturated heterocycles. The van der Waals surface area contributed by atoms with Gasteiger partial charge in [-0.25, -0.2) is 0 Å². The van der Waals surface area contributed by atoms with E-state index in [4.69, 9.17) is 0 Å². The topological polar surface area (TPSA) is 46.2 Å². The molecule has 1 heterocycles. The van der Waals surface area contributed by atoms with Gasteiger partial charge in [0, 0.05) is 12.7 Å². The van der Waals surface area contributed by atoms with Gasteiger partial charge in [-0.05, 0) is 19.8 Å². The van der Waals surface area contributed by atoms with E-state index in [1.165, 1.54) is 0 Å². The number of carbonyl (C=O) groups excluding carboxylic acids is 2. The highest BCUT2D eigenvalue weighted by molar-refractivity contribution is 6.47. The molecule has 2 aliphatic rings. The predicted octanol–water partition coefficient (Wildman–Crippen LogP) is 1.95. The molecule has 3 heteroatoms. The van der Waals surface area contributed by atoms with Crippen LogP contribution in [0.2, 0.25) is 0 Å². The number of nitrogens with one attached hydrogen (secondary N) is 1. The molecule has 0 radical (unpaired) electrons. The number of amides is 1. The minimum atomic E-state index is -0.488. The summed E-state index contributed by atoms with van der Waals surface area (Å²) in [6, 6.07) is 0. The van der Waals surface area contributed by atoms with Crippen LogP contribution in [-0.4, -0.2) is 11.7 Å². The highest BCUT2D eigenvalue weighted by Crippen LogP contribution is 2.27. The molecule has 0 aromatic heterocycles. The minimum Gasteiger partial charge on any atom is -0.319 e. The van der Waals surface area contributed by atoms with E-state index in [9.17, 15) is 9.59 Å². The van der Waals surface area contributed by atoms with Crippen molar-refractivity contribution in [2.75, 3.05) is 0 Å². The lowest BCUT2D eigenvalue weighted by Gasteiger charge is -2.09. The Morgan fingerprint density at radius 3 is 2.57 bits per heavy atom. The average Bonchev–Trinajstić information content (AvgIpc) is 2.47. The van der Waals surface area contributed by atoms with Crippen LogP contribution in [-0.2, 0) is 9.59 Å². The van der Waals surface area contributed by atoms with Crippen molar-refractivity contribution in [1.82, 2.24) is 5.32 Å². The number of allylic oxidation sites excluding steroid dienone is 3. The fourth-order valence-electron chi connectivity index (χ4n) is 1.61. The first kappa shape index (κ1) is 10.7. The maximum absolute atomic E-state index is 11.2. The van der Waals surface area contributed by atoms with E-state index >= 15 is 0 Å². The Balaban J connectivity index is 0.000000617. The van der Waals surface area contributed by atoms with E-state index in [1.807, 2.05) is 26.8 Å². The van der Waals surface area contributed by atoms with Gasteiger partial charge in [-0.2, -0.15) is 0 Å². The first-order valence-corrected chi connectivity index (χ1v) is 4.96. The summed E-state index contributed by atoms with van der Waals surface area (Å²) in [5.74, 6) is -0.865. The SMILES string of the molecule is CC.CC1=C2C(=O)C(=O)NC2=CCC1.[HH]. The predicted molar refractivity (Wildman–Crippen MR) is 56.6 cm³/mol. The van der Waals surface area contributed by atoms with Crippen molar-refractivity contribution < 1.29 is 11.0 Å². The second-order valence-corrected chi connectivity index (χ2v) is 3.10. The number of hydrogen-bond acceptors (Lipinski definition) is 2. The van der Waals surface area contributed by atoms with Crippen molar-refractivity contribution in [3.8, 4) is 0 Å². The van der Waals surface area contributed by atoms with Gasteiger partial charge in [-0.3, -0.25) is 9.59 Å². The zero-order chi connectivity index (χ0) is 10.7. The molecule has 0 saturated carbocycles. The summed E-state index contributed by atoms with van der Waals surface area (Å²) in [6.07, 6.45) is 3.71. The second-order valence-electron chi connectivity index (χ2n) is 3.10. The lowest BCUT2D eigenvalue weighted by atomic mass is 9.96. The summed E-state index contributed by atoms with van der Waals surface area (Å²) < 4.78 is 0. The molecule has 1 amide bonds. The molecule has 0 aromatic carbocycles. The van der Waals surface area contributed by atoms with Gasteiger partial charge in [0.25, 0.3) is 11.7 Å². The zero-order valence-corrected chi connectivity index (χ0v) is 8.81. The third-order valence-electron chi connectivity index (χ3n) is 2.25. The Labute approximate surface area is 85.4 Å². The number of carbonyl (C=O) groups is 2. The van der Waals surface area contributed by atoms with Crippen LogP contribution in [0.1, 0.15) is 35.0 Å². The number of rotatable bonds is 0. The fourth-order valence-corrected chi connectivity index (χ4v) is 1.61. The van der Waals surface area contributed by atoms with Crippen LogP contribution < -0.4 is 5.32 Å². The molecule has 2 rings (SSSR count). The quantitative estimate of drug-likeness (QED) is 0.600. The average molecular weight is 195 g/mol. The van der Waals surface area contributed by atoms with Gasteiger partial charge in [-0.15, -0.1) is 0 Å². The molecule has 3 nitrogen and oxygen atoms in total. The Morgan fingerprint density at radius 1 is 1.36 bits per heavy atom. The maximum atomic E-state index is 11.2. The van der Waals surface area contributed by atoms with Gasteiger partial charge in [-0.1, -0.05) is 25.5 Å². The van der Waals surface area contributed by atoms with Gasteiger partial charge < -0.3 is 5.32 Å². The Kier molecular flexibility index (Phi) is 3.23. The summed E-state index contributed by atoms with van der Waals surface area (Å²) >= 11 is 0. The van der Waals surface area contributed by atoms with Gasteiger partial charge in [0.05, 0.1) is 0 Å². The van der Waals surface area contributed by atoms with E-state index in [0.717, 1.165) is 18.4 Å². The lowest BCUT2D eigenvalue weighted by Crippen LogP contribution is -2.17. The molecule has 0 unspecified atom stereocenters. The highest BCUT2D eigenvalue weighted by Gasteiger charge is 2.33. The van der Waals surface area contributed by atoms with E-state index in [1.54, 1.807) is 0 Å². The van der Waals surface area contributed by atoms with Crippen LogP contribution >= 0.6 is 0 Å². The van der Waals surface area contributed by atoms with Gasteiger partial charge in [0.1, 0.15) is 0 Å². The second kappa shape index (κ2) is 4.22. The standard InChI is InChI=1S/C9H9NO2.C2H6.H2/c1-5-3-2-4-6-7(5)8(11)9(12)10-6;1-2;/h4H,2-3H2,1H3,(H,10,12);1-2H3;1H. The molecule has 14 heavy (non-hydrogen) atoms. The molecule has 1 aliphatic carbocycles. The van der Waals surface area contributed by atoms with Crippen LogP contribution in [0.5, 0.6) is 0 Å². The molecule has 1 aliphatic heterocycles. The Hall–Kier alpha value is -1.38. The maximum Gasteiger partial charge on any atom is 0.296 e. The molecule has 1 N–H and O–H groups in total. The molecule has 0 bridgehead atoms. The third-order valence-corrected chi connectivity index (χ3v) is 2.25. The van der Waals surface area contributed by atoms with Crippen molar-refractivity contribution in [2.24, 2.45) is 0 Å². The molecule has 1 fully saturated rings. The summed E-state index contributed by atoms with van der Waals surface area (Å²) in [6.45, 7) is 5.90. The molecular formula is C11H17NO2. The number of hydrogen-bond donors (Lipinski definition) is 1. The number of Topliss-reactive ketones (excluding diaryl/α,β-unsaturated/α-hetero) is 1. The third kappa shape index (κ3) is 1.62. The smallest absolute Gasteiger partial charge is 0.296 e. The van der Waals surface area contributed by atoms with Crippen LogP contribution in [0.25, 0.3) is 0 Å². The van der Waals surface area contributed by atoms with Crippen LogP contribution in [0.15, 0.2) is 22.9 Å². The van der Waals surface area contributed by atoms with Gasteiger partial charge in [0.15, 0.2) is 0 Å². The van der Waals surface area contributed by atoms with Crippen molar-refractivity contribution in [1.29, 1.82) is 0 Å². The summed E-state index contributed by atoms with van der Waals surface area (Å²) in [7, 11) is 0. The van der Waals surface area contributed by atoms with E-state index in [2.05, 4.69) is 5.32 Å². The first-order valence-electron chi connectivity index (χ1n) is 4.96. The summed E-state index contributed by atoms with van der Waals surface area (Å²) in [5, 5.41) is 2.55. The van der Waals surface area contributed by atoms with E-state index in [0.29, 0.717) is 11.3 Å². The van der Waals surface area contributed by atoms with E-state index < -0.39 is 5.91 Å². The Morgan fingerprint density at radius 2 is 2.00 bits per heavy atom. The minimum absolute atomic E-state index is 0. The van der Waals surface area contributed by atoms with Crippen LogP contribution in [0.3, 0.4) is 0 Å². The fraction of sp³-hybridized carbons (Fsp3) is 0.455. The van der Waals surface area contributed by atoms with Gasteiger partial charge in [0.2, 0.25) is 0 Å². The van der Waals surface area contributed by atoms with Crippen molar-refractivity contribution in [3.63, 3.8) is 0 Å². The molecule has 0 aromatic rings. The molecule has 78 valence electrons. The zero-order valence-electron chi connectivity index (χ0n) is 8.81. The van der Waals surface area contributed by atoms with Crippen molar-refractivity contribution in [3.05, 3.63) is 22.9 Å². The van der Waals surface area contributed by atoms with E-state index in [-0.39, 0.29) is 7.21 Å². The normalized spacial score (nSPS) is 19.5. The lowest BCUT2D eigenvalue weighted by molar-refractivity contribution is -0.133. The van der Waals surface area contributed by atoms with Crippen molar-refractivity contribution >= 4 is 11.7 Å². The number of ketones is 1. The van der Waals surface area contributed by atoms with Gasteiger partial charge >= 0.3 is 0 Å². The Bertz CT molecular complexity index is 342. The number of fused-ring (bicyclic) bond motifs is 1. The van der Waals surface area contributed by atoms with Crippen molar-refractivity contribution in [2.45, 2.75) is 33.6 Å². The summed E-state index contributed by atoms with van der Waals surface area (Å²) in [4.78, 5) is 22.2. The molecular weight excluding hydrogens is 178 g/mol. The largest absolute Gasteiger partial charge is 0.319 e. The first-order chi connectivity index (χ1) is 6.70. The van der Waals surface area contributed by atoms with Crippen LogP contribution in [0.4, 0.5) is 0 Å². The monoisotopic (exact) mass is 195 g/mol. The molecule has 0 spiro atoms. The van der Waals surface area contributed by atoms with Crippen LogP contribution in [0, 0.1) is 0 Å².